The summed E-state index contributed by atoms with van der Waals surface area (Å²) in [7, 11) is 0. The molecule has 1 aromatic carbocycles. The molecule has 0 fully saturated rings. The molecule has 82 valence electrons. The van der Waals surface area contributed by atoms with Crippen LogP contribution in [0.15, 0.2) is 24.3 Å². The zero-order valence-corrected chi connectivity index (χ0v) is 9.60. The van der Waals surface area contributed by atoms with E-state index in [1.54, 1.807) is 0 Å². The van der Waals surface area contributed by atoms with E-state index in [-0.39, 0.29) is 6.10 Å². The fraction of sp³-hybridized carbons (Fsp3) is 0.300. The molecule has 0 aliphatic rings. The first-order chi connectivity index (χ1) is 7.11. The summed E-state index contributed by atoms with van der Waals surface area (Å²) in [6, 6.07) is 7.51. The molecule has 4 N–H and O–H groups in total. The minimum absolute atomic E-state index is 0.176. The zero-order valence-electron chi connectivity index (χ0n) is 8.78. The van der Waals surface area contributed by atoms with E-state index in [0.29, 0.717) is 5.11 Å². The highest BCUT2D eigenvalue weighted by molar-refractivity contribution is 7.80. The maximum Gasteiger partial charge on any atom is 0.185 e. The number of benzene rings is 1. The van der Waals surface area contributed by atoms with Crippen LogP contribution < -0.4 is 21.3 Å². The number of hydrogen-bond donors (Lipinski definition) is 3. The van der Waals surface area contributed by atoms with Crippen LogP contribution in [-0.2, 0) is 0 Å². The molecule has 0 heterocycles. The molecule has 0 atom stereocenters. The van der Waals surface area contributed by atoms with E-state index in [2.05, 4.69) is 10.7 Å². The Morgan fingerprint density at radius 2 is 1.93 bits per heavy atom. The van der Waals surface area contributed by atoms with Crippen LogP contribution in [0.4, 0.5) is 5.69 Å². The maximum atomic E-state index is 5.50. The van der Waals surface area contributed by atoms with Crippen LogP contribution in [0.5, 0.6) is 5.75 Å². The minimum Gasteiger partial charge on any atom is -0.491 e. The third-order valence-corrected chi connectivity index (χ3v) is 1.83. The van der Waals surface area contributed by atoms with Crippen LogP contribution in [0.3, 0.4) is 0 Å². The quantitative estimate of drug-likeness (QED) is 0.415. The minimum atomic E-state index is 0.176. The second-order valence-corrected chi connectivity index (χ2v) is 3.70. The van der Waals surface area contributed by atoms with Gasteiger partial charge in [0.2, 0.25) is 0 Å². The lowest BCUT2D eigenvalue weighted by atomic mass is 10.3. The van der Waals surface area contributed by atoms with E-state index < -0.39 is 0 Å². The Morgan fingerprint density at radius 1 is 1.33 bits per heavy atom. The summed E-state index contributed by atoms with van der Waals surface area (Å²) in [4.78, 5) is 0. The van der Waals surface area contributed by atoms with Crippen LogP contribution in [0, 0.1) is 0 Å². The average molecular weight is 225 g/mol. The van der Waals surface area contributed by atoms with Crippen molar-refractivity contribution < 1.29 is 4.74 Å². The zero-order chi connectivity index (χ0) is 11.3. The fourth-order valence-electron chi connectivity index (χ4n) is 1.06. The van der Waals surface area contributed by atoms with Crippen LogP contribution in [0.25, 0.3) is 0 Å². The van der Waals surface area contributed by atoms with Gasteiger partial charge in [-0.15, -0.1) is 0 Å². The molecule has 5 heteroatoms. The molecule has 1 rings (SSSR count). The molecular weight excluding hydrogens is 210 g/mol. The standard InChI is InChI=1S/C10H15N3OS/c1-7(2)14-9-5-3-8(4-6-9)12-10(15)13-11/h3-7H,11H2,1-2H3,(H2,12,13,15). The Balaban J connectivity index is 2.60. The smallest absolute Gasteiger partial charge is 0.185 e. The van der Waals surface area contributed by atoms with E-state index >= 15 is 0 Å². The van der Waals surface area contributed by atoms with Gasteiger partial charge in [-0.05, 0) is 50.3 Å². The molecule has 0 aliphatic carbocycles. The van der Waals surface area contributed by atoms with Crippen LogP contribution in [0.2, 0.25) is 0 Å². The number of anilines is 1. The molecule has 0 amide bonds. The summed E-state index contributed by atoms with van der Waals surface area (Å²) in [5.41, 5.74) is 3.22. The van der Waals surface area contributed by atoms with Crippen molar-refractivity contribution in [1.82, 2.24) is 5.43 Å². The summed E-state index contributed by atoms with van der Waals surface area (Å²) < 4.78 is 5.50. The van der Waals surface area contributed by atoms with Crippen LogP contribution in [-0.4, -0.2) is 11.2 Å². The third-order valence-electron chi connectivity index (χ3n) is 1.62. The molecule has 0 aliphatic heterocycles. The van der Waals surface area contributed by atoms with Crippen molar-refractivity contribution in [2.75, 3.05) is 5.32 Å². The average Bonchev–Trinajstić information content (AvgIpc) is 2.20. The topological polar surface area (TPSA) is 59.3 Å². The Hall–Kier alpha value is -1.33. The van der Waals surface area contributed by atoms with Gasteiger partial charge >= 0.3 is 0 Å². The number of nitrogens with two attached hydrogens (primary N) is 1. The van der Waals surface area contributed by atoms with Gasteiger partial charge in [-0.2, -0.15) is 0 Å². The largest absolute Gasteiger partial charge is 0.491 e. The van der Waals surface area contributed by atoms with E-state index in [1.807, 2.05) is 38.1 Å². The lowest BCUT2D eigenvalue weighted by Gasteiger charge is -2.11. The van der Waals surface area contributed by atoms with E-state index in [4.69, 9.17) is 22.8 Å². The molecule has 4 nitrogen and oxygen atoms in total. The van der Waals surface area contributed by atoms with Gasteiger partial charge in [-0.25, -0.2) is 5.84 Å². The molecular formula is C10H15N3OS. The second-order valence-electron chi connectivity index (χ2n) is 3.29. The predicted molar refractivity (Wildman–Crippen MR) is 65.7 cm³/mol. The van der Waals surface area contributed by atoms with Gasteiger partial charge in [0, 0.05) is 5.69 Å². The third kappa shape index (κ3) is 4.14. The lowest BCUT2D eigenvalue weighted by molar-refractivity contribution is 0.242. The van der Waals surface area contributed by atoms with Gasteiger partial charge in [0.1, 0.15) is 5.75 Å². The van der Waals surface area contributed by atoms with Crippen molar-refractivity contribution in [3.05, 3.63) is 24.3 Å². The summed E-state index contributed by atoms with van der Waals surface area (Å²) in [5.74, 6) is 5.97. The highest BCUT2D eigenvalue weighted by atomic mass is 32.1. The highest BCUT2D eigenvalue weighted by Crippen LogP contribution is 2.16. The first kappa shape index (κ1) is 11.7. The highest BCUT2D eigenvalue weighted by Gasteiger charge is 1.98. The molecule has 0 aromatic heterocycles. The van der Waals surface area contributed by atoms with Gasteiger partial charge < -0.3 is 15.5 Å². The van der Waals surface area contributed by atoms with Gasteiger partial charge in [0.15, 0.2) is 5.11 Å². The number of hydrazine groups is 1. The van der Waals surface area contributed by atoms with E-state index in [0.717, 1.165) is 11.4 Å². The van der Waals surface area contributed by atoms with Crippen LogP contribution in [0.1, 0.15) is 13.8 Å². The molecule has 0 spiro atoms. The normalized spacial score (nSPS) is 9.87. The number of hydrogen-bond acceptors (Lipinski definition) is 3. The monoisotopic (exact) mass is 225 g/mol. The van der Waals surface area contributed by atoms with Crippen molar-refractivity contribution >= 4 is 23.0 Å². The Labute approximate surface area is 94.8 Å². The van der Waals surface area contributed by atoms with Gasteiger partial charge in [-0.1, -0.05) is 0 Å². The Kier molecular flexibility index (Phi) is 4.33. The first-order valence-corrected chi connectivity index (χ1v) is 5.07. The van der Waals surface area contributed by atoms with Crippen molar-refractivity contribution in [3.8, 4) is 5.75 Å². The van der Waals surface area contributed by atoms with E-state index in [9.17, 15) is 0 Å². The van der Waals surface area contributed by atoms with Gasteiger partial charge in [-0.3, -0.25) is 0 Å². The van der Waals surface area contributed by atoms with Gasteiger partial charge in [0.05, 0.1) is 6.10 Å². The lowest BCUT2D eigenvalue weighted by Crippen LogP contribution is -2.34. The Bertz CT molecular complexity index is 324. The molecule has 0 saturated carbocycles. The SMILES string of the molecule is CC(C)Oc1ccc(NC(=S)NN)cc1. The Morgan fingerprint density at radius 3 is 2.40 bits per heavy atom. The molecule has 1 aromatic rings. The molecule has 0 bridgehead atoms. The van der Waals surface area contributed by atoms with Crippen LogP contribution >= 0.6 is 12.2 Å². The molecule has 0 saturated heterocycles. The summed E-state index contributed by atoms with van der Waals surface area (Å²) in [6.45, 7) is 3.97. The number of nitrogens with one attached hydrogen (secondary N) is 2. The van der Waals surface area contributed by atoms with Crippen molar-refractivity contribution in [3.63, 3.8) is 0 Å². The second kappa shape index (κ2) is 5.53. The van der Waals surface area contributed by atoms with Gasteiger partial charge in [0.25, 0.3) is 0 Å². The molecule has 15 heavy (non-hydrogen) atoms. The van der Waals surface area contributed by atoms with Crippen molar-refractivity contribution in [2.45, 2.75) is 20.0 Å². The van der Waals surface area contributed by atoms with Crippen molar-refractivity contribution in [1.29, 1.82) is 0 Å². The first-order valence-electron chi connectivity index (χ1n) is 4.66. The summed E-state index contributed by atoms with van der Waals surface area (Å²) in [5, 5.41) is 3.29. The number of ether oxygens (including phenoxy) is 1. The number of rotatable bonds is 3. The molecule has 0 radical (unpaired) electrons. The van der Waals surface area contributed by atoms with Crippen molar-refractivity contribution in [2.24, 2.45) is 5.84 Å². The summed E-state index contributed by atoms with van der Waals surface area (Å²) in [6.07, 6.45) is 0.176. The maximum absolute atomic E-state index is 5.50. The summed E-state index contributed by atoms with van der Waals surface area (Å²) >= 11 is 4.86. The van der Waals surface area contributed by atoms with E-state index in [1.165, 1.54) is 0 Å². The fourth-order valence-corrected chi connectivity index (χ4v) is 1.17. The predicted octanol–water partition coefficient (Wildman–Crippen LogP) is 1.63. The number of thiocarbonyl (C=S) groups is 1. The molecule has 0 unspecified atom stereocenters.